The molecule has 0 aromatic rings. The number of carbonyl (C=O) groups is 1. The number of rotatable bonds is 2. The lowest BCUT2D eigenvalue weighted by Crippen LogP contribution is -2.42. The second-order valence-electron chi connectivity index (χ2n) is 5.32. The van der Waals surface area contributed by atoms with Gasteiger partial charge in [-0.15, -0.1) is 0 Å². The highest BCUT2D eigenvalue weighted by atomic mass is 16.5. The maximum atomic E-state index is 11.9. The number of Topliss-reactive ketones (excluding diaryl/α,β-unsaturated/α-hetero) is 1. The summed E-state index contributed by atoms with van der Waals surface area (Å²) in [5.41, 5.74) is -0.0742. The molecule has 0 aliphatic carbocycles. The summed E-state index contributed by atoms with van der Waals surface area (Å²) in [5, 5.41) is 0. The molecular weight excluding hydrogens is 190 g/mol. The number of ether oxygens (including phenoxy) is 1. The minimum absolute atomic E-state index is 0.0742. The molecule has 0 amide bonds. The molecule has 3 heterocycles. The van der Waals surface area contributed by atoms with Gasteiger partial charge in [-0.25, -0.2) is 0 Å². The van der Waals surface area contributed by atoms with Gasteiger partial charge < -0.3 is 9.64 Å². The predicted octanol–water partition coefficient (Wildman–Crippen LogP) is 1.22. The van der Waals surface area contributed by atoms with Gasteiger partial charge in [-0.1, -0.05) is 13.3 Å². The Hall–Kier alpha value is -0.410. The fourth-order valence-corrected chi connectivity index (χ4v) is 3.53. The second-order valence-corrected chi connectivity index (χ2v) is 5.32. The lowest BCUT2D eigenvalue weighted by Gasteiger charge is -2.32. The lowest BCUT2D eigenvalue weighted by atomic mass is 9.85. The van der Waals surface area contributed by atoms with Crippen LogP contribution in [0.15, 0.2) is 0 Å². The van der Waals surface area contributed by atoms with Gasteiger partial charge >= 0.3 is 0 Å². The van der Waals surface area contributed by atoms with Crippen molar-refractivity contribution in [3.8, 4) is 0 Å². The molecule has 4 atom stereocenters. The van der Waals surface area contributed by atoms with Crippen molar-refractivity contribution in [2.75, 3.05) is 19.6 Å². The lowest BCUT2D eigenvalue weighted by molar-refractivity contribution is -0.124. The van der Waals surface area contributed by atoms with Crippen molar-refractivity contribution in [2.45, 2.75) is 44.3 Å². The van der Waals surface area contributed by atoms with Crippen LogP contribution in [0.3, 0.4) is 0 Å². The van der Waals surface area contributed by atoms with E-state index in [0.29, 0.717) is 18.1 Å². The van der Waals surface area contributed by atoms with E-state index in [-0.39, 0.29) is 11.7 Å². The van der Waals surface area contributed by atoms with Crippen LogP contribution in [0.25, 0.3) is 0 Å². The molecule has 0 aromatic carbocycles. The van der Waals surface area contributed by atoms with Gasteiger partial charge in [0.25, 0.3) is 0 Å². The number of nitrogens with zero attached hydrogens (tertiary/aromatic N) is 1. The molecule has 0 radical (unpaired) electrons. The molecule has 3 fully saturated rings. The van der Waals surface area contributed by atoms with Crippen molar-refractivity contribution in [1.29, 1.82) is 0 Å². The smallest absolute Gasteiger partial charge is 0.164 e. The third kappa shape index (κ3) is 1.36. The highest BCUT2D eigenvalue weighted by Gasteiger charge is 2.57. The largest absolute Gasteiger partial charge is 0.362 e. The zero-order valence-corrected chi connectivity index (χ0v) is 9.37. The van der Waals surface area contributed by atoms with Crippen LogP contribution in [-0.2, 0) is 9.53 Å². The molecule has 15 heavy (non-hydrogen) atoms. The highest BCUT2D eigenvalue weighted by molar-refractivity contribution is 5.86. The van der Waals surface area contributed by atoms with Crippen LogP contribution in [0.5, 0.6) is 0 Å². The minimum atomic E-state index is -0.0875. The molecule has 3 aliphatic rings. The number of fused-ring (bicyclic) bond motifs is 3. The van der Waals surface area contributed by atoms with E-state index in [1.54, 1.807) is 0 Å². The topological polar surface area (TPSA) is 29.5 Å². The van der Waals surface area contributed by atoms with Gasteiger partial charge in [0, 0.05) is 25.4 Å². The third-order valence-corrected chi connectivity index (χ3v) is 4.27. The van der Waals surface area contributed by atoms with E-state index in [9.17, 15) is 4.79 Å². The first-order valence-electron chi connectivity index (χ1n) is 6.16. The Morgan fingerprint density at radius 3 is 3.07 bits per heavy atom. The molecule has 0 saturated carbocycles. The van der Waals surface area contributed by atoms with E-state index >= 15 is 0 Å². The Labute approximate surface area is 90.8 Å². The molecule has 3 aliphatic heterocycles. The summed E-state index contributed by atoms with van der Waals surface area (Å²) in [6, 6.07) is 0. The third-order valence-electron chi connectivity index (χ3n) is 4.27. The van der Waals surface area contributed by atoms with Gasteiger partial charge in [0.1, 0.15) is 6.10 Å². The van der Waals surface area contributed by atoms with Gasteiger partial charge in [0.15, 0.2) is 5.78 Å². The summed E-state index contributed by atoms with van der Waals surface area (Å²) in [7, 11) is 0. The van der Waals surface area contributed by atoms with Crippen molar-refractivity contribution in [2.24, 2.45) is 5.92 Å². The molecule has 3 saturated heterocycles. The molecular formula is C12H19NO2. The number of carbonyl (C=O) groups excluding carboxylic acids is 1. The highest BCUT2D eigenvalue weighted by Crippen LogP contribution is 2.46. The monoisotopic (exact) mass is 209 g/mol. The Kier molecular flexibility index (Phi) is 2.15. The van der Waals surface area contributed by atoms with Crippen LogP contribution in [-0.4, -0.2) is 42.0 Å². The maximum absolute atomic E-state index is 11.9. The maximum Gasteiger partial charge on any atom is 0.164 e. The summed E-state index contributed by atoms with van der Waals surface area (Å²) in [6.45, 7) is 5.49. The van der Waals surface area contributed by atoms with E-state index in [4.69, 9.17) is 4.74 Å². The Balaban J connectivity index is 1.77. The van der Waals surface area contributed by atoms with Crippen LogP contribution in [0, 0.1) is 5.92 Å². The van der Waals surface area contributed by atoms with E-state index in [0.717, 1.165) is 25.9 Å². The van der Waals surface area contributed by atoms with Gasteiger partial charge in [0.05, 0.1) is 5.60 Å². The SMILES string of the molecule is CCC[C@@H]1O[C@@]2(CC1=O)CN1CC[C@H]2C1. The Morgan fingerprint density at radius 2 is 2.47 bits per heavy atom. The number of hydrogen-bond acceptors (Lipinski definition) is 3. The normalized spacial score (nSPS) is 48.3. The van der Waals surface area contributed by atoms with Crippen molar-refractivity contribution in [3.05, 3.63) is 0 Å². The van der Waals surface area contributed by atoms with E-state index in [1.807, 2.05) is 0 Å². The standard InChI is InChI=1S/C12H19NO2/c1-2-3-11-10(14)6-12(15-11)8-13-5-4-9(12)7-13/h9,11H,2-8H2,1H3/t9-,11-,12-/m0/s1. The first-order valence-corrected chi connectivity index (χ1v) is 6.16. The average molecular weight is 209 g/mol. The molecule has 1 spiro atoms. The first kappa shape index (κ1) is 9.79. The molecule has 2 bridgehead atoms. The Morgan fingerprint density at radius 1 is 1.60 bits per heavy atom. The number of ketones is 1. The fraction of sp³-hybridized carbons (Fsp3) is 0.917. The molecule has 1 unspecified atom stereocenters. The van der Waals surface area contributed by atoms with Crippen LogP contribution in [0.1, 0.15) is 32.6 Å². The van der Waals surface area contributed by atoms with Crippen LogP contribution < -0.4 is 0 Å². The van der Waals surface area contributed by atoms with Crippen LogP contribution in [0.2, 0.25) is 0 Å². The Bertz CT molecular complexity index is 291. The summed E-state index contributed by atoms with van der Waals surface area (Å²) >= 11 is 0. The average Bonchev–Trinajstić information content (AvgIpc) is 2.83. The molecule has 3 heteroatoms. The molecule has 0 aromatic heterocycles. The molecule has 84 valence electrons. The van der Waals surface area contributed by atoms with Crippen LogP contribution >= 0.6 is 0 Å². The van der Waals surface area contributed by atoms with Gasteiger partial charge in [-0.2, -0.15) is 0 Å². The van der Waals surface area contributed by atoms with Crippen molar-refractivity contribution < 1.29 is 9.53 Å². The first-order chi connectivity index (χ1) is 7.23. The molecule has 3 rings (SSSR count). The molecule has 3 nitrogen and oxygen atoms in total. The van der Waals surface area contributed by atoms with Crippen molar-refractivity contribution >= 4 is 5.78 Å². The summed E-state index contributed by atoms with van der Waals surface area (Å²) in [6.07, 6.45) is 3.77. The quantitative estimate of drug-likeness (QED) is 0.685. The van der Waals surface area contributed by atoms with Crippen LogP contribution in [0.4, 0.5) is 0 Å². The van der Waals surface area contributed by atoms with Gasteiger partial charge in [0.2, 0.25) is 0 Å². The van der Waals surface area contributed by atoms with Gasteiger partial charge in [-0.3, -0.25) is 4.79 Å². The summed E-state index contributed by atoms with van der Waals surface area (Å²) in [5.74, 6) is 0.980. The van der Waals surface area contributed by atoms with Crippen molar-refractivity contribution in [3.63, 3.8) is 0 Å². The van der Waals surface area contributed by atoms with E-state index in [2.05, 4.69) is 11.8 Å². The number of hydrogen-bond donors (Lipinski definition) is 0. The zero-order valence-electron chi connectivity index (χ0n) is 9.37. The van der Waals surface area contributed by atoms with Gasteiger partial charge in [-0.05, 0) is 19.4 Å². The van der Waals surface area contributed by atoms with E-state index in [1.165, 1.54) is 13.0 Å². The summed E-state index contributed by atoms with van der Waals surface area (Å²) < 4.78 is 6.11. The van der Waals surface area contributed by atoms with Crippen molar-refractivity contribution in [1.82, 2.24) is 4.90 Å². The zero-order chi connectivity index (χ0) is 10.5. The molecule has 0 N–H and O–H groups in total. The number of piperidine rings is 1. The summed E-state index contributed by atoms with van der Waals surface area (Å²) in [4.78, 5) is 14.3. The predicted molar refractivity (Wildman–Crippen MR) is 56.7 cm³/mol. The second kappa shape index (κ2) is 3.29. The minimum Gasteiger partial charge on any atom is -0.362 e. The van der Waals surface area contributed by atoms with E-state index < -0.39 is 0 Å². The fourth-order valence-electron chi connectivity index (χ4n) is 3.53.